The minimum Gasteiger partial charge on any atom is -0.338 e. The van der Waals surface area contributed by atoms with E-state index in [1.54, 1.807) is 6.33 Å². The third-order valence-corrected chi connectivity index (χ3v) is 9.34. The highest BCUT2D eigenvalue weighted by atomic mass is 16.2. The number of piperidine rings is 2. The van der Waals surface area contributed by atoms with Crippen molar-refractivity contribution in [2.24, 2.45) is 5.92 Å². The Morgan fingerprint density at radius 2 is 1.65 bits per heavy atom. The number of amides is 1. The molecule has 3 aliphatic rings. The van der Waals surface area contributed by atoms with Crippen LogP contribution in [0.3, 0.4) is 0 Å². The predicted octanol–water partition coefficient (Wildman–Crippen LogP) is 3.84. The molecule has 3 saturated heterocycles. The maximum atomic E-state index is 13.3. The number of rotatable bonds is 5. The van der Waals surface area contributed by atoms with Crippen LogP contribution >= 0.6 is 0 Å². The Morgan fingerprint density at radius 3 is 2.27 bits per heavy atom. The van der Waals surface area contributed by atoms with Crippen molar-refractivity contribution in [1.29, 1.82) is 0 Å². The zero-order valence-electron chi connectivity index (χ0n) is 23.1. The minimum absolute atomic E-state index is 0.0866. The first-order valence-corrected chi connectivity index (χ1v) is 14.2. The van der Waals surface area contributed by atoms with Gasteiger partial charge < -0.3 is 10.2 Å². The number of hydrogen-bond donors (Lipinski definition) is 1. The van der Waals surface area contributed by atoms with Gasteiger partial charge in [-0.25, -0.2) is 9.97 Å². The van der Waals surface area contributed by atoms with Crippen LogP contribution in [0.25, 0.3) is 0 Å². The highest BCUT2D eigenvalue weighted by Crippen LogP contribution is 2.38. The van der Waals surface area contributed by atoms with E-state index in [9.17, 15) is 4.79 Å². The average molecular weight is 505 g/mol. The molecule has 0 aliphatic carbocycles. The Morgan fingerprint density at radius 1 is 1.00 bits per heavy atom. The van der Waals surface area contributed by atoms with Gasteiger partial charge in [0.15, 0.2) is 0 Å². The summed E-state index contributed by atoms with van der Waals surface area (Å²) in [5.41, 5.74) is 3.84. The summed E-state index contributed by atoms with van der Waals surface area (Å²) in [7, 11) is 0. The largest absolute Gasteiger partial charge is 0.338 e. The molecule has 0 bridgehead atoms. The SMILES string of the molecule is Cc1ncnc(C)c1C(=O)N1CCC(C)(N2CCN([C@@H](c3ccccc3)C3CCNCC3)[C@@H](C)C2)CC1. The third-order valence-electron chi connectivity index (χ3n) is 9.34. The van der Waals surface area contributed by atoms with Gasteiger partial charge in [0.2, 0.25) is 0 Å². The van der Waals surface area contributed by atoms with Crippen LogP contribution < -0.4 is 5.32 Å². The van der Waals surface area contributed by atoms with E-state index in [4.69, 9.17) is 0 Å². The lowest BCUT2D eigenvalue weighted by atomic mass is 9.82. The van der Waals surface area contributed by atoms with Crippen molar-refractivity contribution < 1.29 is 4.79 Å². The van der Waals surface area contributed by atoms with E-state index in [1.807, 2.05) is 18.7 Å². The number of piperazine rings is 1. The van der Waals surface area contributed by atoms with Crippen LogP contribution in [-0.4, -0.2) is 88.0 Å². The van der Waals surface area contributed by atoms with Crippen LogP contribution in [-0.2, 0) is 0 Å². The minimum atomic E-state index is 0.0866. The van der Waals surface area contributed by atoms with E-state index >= 15 is 0 Å². The first kappa shape index (κ1) is 26.3. The zero-order chi connectivity index (χ0) is 26.0. The highest BCUT2D eigenvalue weighted by Gasteiger charge is 2.42. The molecule has 0 saturated carbocycles. The molecule has 4 heterocycles. The Balaban J connectivity index is 1.24. The lowest BCUT2D eigenvalue weighted by molar-refractivity contribution is -0.0409. The molecule has 1 N–H and O–H groups in total. The topological polar surface area (TPSA) is 64.6 Å². The van der Waals surface area contributed by atoms with Crippen LogP contribution in [0.2, 0.25) is 0 Å². The molecule has 200 valence electrons. The fraction of sp³-hybridized carbons (Fsp3) is 0.633. The smallest absolute Gasteiger partial charge is 0.257 e. The van der Waals surface area contributed by atoms with Gasteiger partial charge in [0.1, 0.15) is 6.33 Å². The average Bonchev–Trinajstić information content (AvgIpc) is 2.91. The summed E-state index contributed by atoms with van der Waals surface area (Å²) in [6.07, 6.45) is 6.06. The standard InChI is InChI=1S/C30H44N6O/c1-22-20-35(18-19-36(22)28(25-8-6-5-7-9-25)26-10-14-31-15-11-26)30(4)12-16-34(17-13-30)29(37)27-23(2)32-21-33-24(27)3/h5-9,21-22,26,28,31H,10-20H2,1-4H3/t22-,28-/m0/s1. The van der Waals surface area contributed by atoms with Gasteiger partial charge in [-0.15, -0.1) is 0 Å². The van der Waals surface area contributed by atoms with Crippen molar-refractivity contribution in [1.82, 2.24) is 30.0 Å². The summed E-state index contributed by atoms with van der Waals surface area (Å²) in [5.74, 6) is 0.792. The number of likely N-dealkylation sites (tertiary alicyclic amines) is 1. The lowest BCUT2D eigenvalue weighted by Crippen LogP contribution is -2.62. The number of carbonyl (C=O) groups excluding carboxylic acids is 1. The van der Waals surface area contributed by atoms with Crippen LogP contribution in [0.4, 0.5) is 0 Å². The second-order valence-electron chi connectivity index (χ2n) is 11.7. The number of hydrogen-bond acceptors (Lipinski definition) is 6. The van der Waals surface area contributed by atoms with Gasteiger partial charge in [-0.1, -0.05) is 30.3 Å². The van der Waals surface area contributed by atoms with Crippen LogP contribution in [0.15, 0.2) is 36.7 Å². The molecule has 7 heteroatoms. The number of aromatic nitrogens is 2. The van der Waals surface area contributed by atoms with Gasteiger partial charge in [-0.3, -0.25) is 14.6 Å². The molecule has 5 rings (SSSR count). The van der Waals surface area contributed by atoms with E-state index in [1.165, 1.54) is 18.4 Å². The zero-order valence-corrected chi connectivity index (χ0v) is 23.1. The first-order valence-electron chi connectivity index (χ1n) is 14.2. The normalized spacial score (nSPS) is 24.6. The molecule has 1 aromatic carbocycles. The number of carbonyl (C=O) groups is 1. The Kier molecular flexibility index (Phi) is 7.93. The van der Waals surface area contributed by atoms with Crippen molar-refractivity contribution >= 4 is 5.91 Å². The van der Waals surface area contributed by atoms with E-state index in [0.717, 1.165) is 70.0 Å². The molecular formula is C30H44N6O. The first-order chi connectivity index (χ1) is 17.9. The summed E-state index contributed by atoms with van der Waals surface area (Å²) in [6.45, 7) is 15.8. The van der Waals surface area contributed by atoms with E-state index in [-0.39, 0.29) is 11.4 Å². The van der Waals surface area contributed by atoms with Gasteiger partial charge in [0.05, 0.1) is 17.0 Å². The number of nitrogens with one attached hydrogen (secondary N) is 1. The Bertz CT molecular complexity index is 1040. The van der Waals surface area contributed by atoms with Crippen LogP contribution in [0.5, 0.6) is 0 Å². The molecule has 0 unspecified atom stereocenters. The molecule has 2 aromatic rings. The molecule has 37 heavy (non-hydrogen) atoms. The van der Waals surface area contributed by atoms with Gasteiger partial charge in [-0.05, 0) is 77.9 Å². The molecule has 1 amide bonds. The molecule has 2 atom stereocenters. The fourth-order valence-corrected chi connectivity index (χ4v) is 6.99. The van der Waals surface area contributed by atoms with Gasteiger partial charge >= 0.3 is 0 Å². The summed E-state index contributed by atoms with van der Waals surface area (Å²) in [5, 5.41) is 3.56. The molecule has 3 aliphatic heterocycles. The van der Waals surface area contributed by atoms with Crippen LogP contribution in [0, 0.1) is 19.8 Å². The number of benzene rings is 1. The van der Waals surface area contributed by atoms with Crippen LogP contribution in [0.1, 0.15) is 72.9 Å². The second kappa shape index (κ2) is 11.2. The predicted molar refractivity (Wildman–Crippen MR) is 148 cm³/mol. The van der Waals surface area contributed by atoms with Crippen molar-refractivity contribution in [2.75, 3.05) is 45.8 Å². The number of aryl methyl sites for hydroxylation is 2. The monoisotopic (exact) mass is 504 g/mol. The molecule has 0 spiro atoms. The van der Waals surface area contributed by atoms with Crippen molar-refractivity contribution in [3.8, 4) is 0 Å². The summed E-state index contributed by atoms with van der Waals surface area (Å²) < 4.78 is 0. The third kappa shape index (κ3) is 5.45. The fourth-order valence-electron chi connectivity index (χ4n) is 6.99. The second-order valence-corrected chi connectivity index (χ2v) is 11.7. The van der Waals surface area contributed by atoms with Gasteiger partial charge in [0.25, 0.3) is 5.91 Å². The summed E-state index contributed by atoms with van der Waals surface area (Å²) in [6, 6.07) is 12.2. The molecule has 0 radical (unpaired) electrons. The Hall–Kier alpha value is -2.35. The van der Waals surface area contributed by atoms with E-state index < -0.39 is 0 Å². The van der Waals surface area contributed by atoms with Gasteiger partial charge in [0, 0.05) is 50.3 Å². The van der Waals surface area contributed by atoms with Crippen molar-refractivity contribution in [3.05, 3.63) is 59.2 Å². The maximum Gasteiger partial charge on any atom is 0.257 e. The molecule has 7 nitrogen and oxygen atoms in total. The van der Waals surface area contributed by atoms with E-state index in [0.29, 0.717) is 23.6 Å². The summed E-state index contributed by atoms with van der Waals surface area (Å²) >= 11 is 0. The van der Waals surface area contributed by atoms with Crippen molar-refractivity contribution in [2.45, 2.75) is 71.0 Å². The van der Waals surface area contributed by atoms with Gasteiger partial charge in [-0.2, -0.15) is 0 Å². The highest BCUT2D eigenvalue weighted by molar-refractivity contribution is 5.96. The summed E-state index contributed by atoms with van der Waals surface area (Å²) in [4.78, 5) is 29.4. The molecule has 1 aromatic heterocycles. The van der Waals surface area contributed by atoms with E-state index in [2.05, 4.69) is 69.3 Å². The van der Waals surface area contributed by atoms with Crippen molar-refractivity contribution in [3.63, 3.8) is 0 Å². The number of nitrogens with zero attached hydrogens (tertiary/aromatic N) is 5. The quantitative estimate of drug-likeness (QED) is 0.668. The Labute approximate surface area is 222 Å². The molecule has 3 fully saturated rings. The maximum absolute atomic E-state index is 13.3. The molecular weight excluding hydrogens is 460 g/mol. The lowest BCUT2D eigenvalue weighted by Gasteiger charge is -2.54.